The second kappa shape index (κ2) is 2.62. The quantitative estimate of drug-likeness (QED) is 0.543. The molecular formula is C4H6F3S. The lowest BCUT2D eigenvalue weighted by atomic mass is 10.6. The molecule has 0 saturated carbocycles. The van der Waals surface area contributed by atoms with Gasteiger partial charge in [-0.05, 0) is 18.7 Å². The van der Waals surface area contributed by atoms with Crippen molar-refractivity contribution >= 4 is 11.8 Å². The molecule has 0 spiro atoms. The van der Waals surface area contributed by atoms with Gasteiger partial charge in [-0.15, -0.1) is 0 Å². The van der Waals surface area contributed by atoms with Crippen molar-refractivity contribution in [3.8, 4) is 0 Å². The number of alkyl halides is 3. The zero-order chi connectivity index (χ0) is 6.78. The van der Waals surface area contributed by atoms with Crippen molar-refractivity contribution in [1.82, 2.24) is 0 Å². The molecule has 0 fully saturated rings. The maximum Gasteiger partial charge on any atom is 0.442 e. The third kappa shape index (κ3) is 6.14. The fourth-order valence-electron chi connectivity index (χ4n) is 0.228. The van der Waals surface area contributed by atoms with Crippen molar-refractivity contribution in [2.24, 2.45) is 0 Å². The molecule has 49 valence electrons. The Balaban J connectivity index is 3.39. The van der Waals surface area contributed by atoms with Crippen LogP contribution in [-0.2, 0) is 0 Å². The lowest BCUT2D eigenvalue weighted by Crippen LogP contribution is -2.04. The summed E-state index contributed by atoms with van der Waals surface area (Å²) in [7, 11) is 0. The van der Waals surface area contributed by atoms with Gasteiger partial charge in [-0.2, -0.15) is 13.2 Å². The summed E-state index contributed by atoms with van der Waals surface area (Å²) >= 11 is -0.0995. The van der Waals surface area contributed by atoms with Gasteiger partial charge in [0, 0.05) is 5.25 Å². The molecule has 0 aliphatic rings. The second-order valence-corrected chi connectivity index (χ2v) is 2.88. The van der Waals surface area contributed by atoms with Crippen molar-refractivity contribution in [3.05, 3.63) is 6.92 Å². The molecule has 4 heteroatoms. The largest absolute Gasteiger partial charge is 0.442 e. The molecule has 0 aromatic heterocycles. The van der Waals surface area contributed by atoms with Crippen LogP contribution in [0.4, 0.5) is 13.2 Å². The van der Waals surface area contributed by atoms with Crippen LogP contribution < -0.4 is 0 Å². The first-order valence-corrected chi connectivity index (χ1v) is 2.87. The topological polar surface area (TPSA) is 0 Å². The maximum absolute atomic E-state index is 11.2. The van der Waals surface area contributed by atoms with Crippen LogP contribution in [0.5, 0.6) is 0 Å². The summed E-state index contributed by atoms with van der Waals surface area (Å²) in [5.74, 6) is 0. The lowest BCUT2D eigenvalue weighted by Gasteiger charge is -2.06. The Hall–Kier alpha value is 0.140. The molecule has 0 nitrogen and oxygen atoms in total. The summed E-state index contributed by atoms with van der Waals surface area (Å²) in [4.78, 5) is 0. The van der Waals surface area contributed by atoms with Crippen LogP contribution in [0.25, 0.3) is 0 Å². The predicted octanol–water partition coefficient (Wildman–Crippen LogP) is 2.46. The van der Waals surface area contributed by atoms with E-state index in [2.05, 4.69) is 6.92 Å². The van der Waals surface area contributed by atoms with Gasteiger partial charge in [0.05, 0.1) is 0 Å². The molecule has 1 atom stereocenters. The van der Waals surface area contributed by atoms with Crippen molar-refractivity contribution in [1.29, 1.82) is 0 Å². The second-order valence-electron chi connectivity index (χ2n) is 1.37. The van der Waals surface area contributed by atoms with E-state index in [0.717, 1.165) is 0 Å². The summed E-state index contributed by atoms with van der Waals surface area (Å²) in [5.41, 5.74) is -4.12. The minimum Gasteiger partial charge on any atom is -0.160 e. The third-order valence-electron chi connectivity index (χ3n) is 0.335. The first-order valence-electron chi connectivity index (χ1n) is 1.99. The standard InChI is InChI=1S/C4H6F3S/c1-3(2)8-4(5,6)7/h3H,1H2,2H3. The van der Waals surface area contributed by atoms with Crippen molar-refractivity contribution in [2.45, 2.75) is 17.7 Å². The third-order valence-corrected chi connectivity index (χ3v) is 1.00. The average Bonchev–Trinajstić information content (AvgIpc) is 1.21. The highest BCUT2D eigenvalue weighted by molar-refractivity contribution is 8.00. The first kappa shape index (κ1) is 8.14. The summed E-state index contributed by atoms with van der Waals surface area (Å²) in [6.45, 7) is 4.57. The molecular weight excluding hydrogens is 137 g/mol. The van der Waals surface area contributed by atoms with Gasteiger partial charge in [0.25, 0.3) is 0 Å². The van der Waals surface area contributed by atoms with Gasteiger partial charge in [-0.1, -0.05) is 6.92 Å². The summed E-state index contributed by atoms with van der Waals surface area (Å²) in [6.07, 6.45) is 0. The van der Waals surface area contributed by atoms with Crippen LogP contribution >= 0.6 is 11.8 Å². The number of rotatable bonds is 1. The zero-order valence-corrected chi connectivity index (χ0v) is 5.14. The van der Waals surface area contributed by atoms with Gasteiger partial charge in [-0.3, -0.25) is 0 Å². The SMILES string of the molecule is [CH2]C(C)SC(F)(F)F. The van der Waals surface area contributed by atoms with Gasteiger partial charge in [0.2, 0.25) is 0 Å². The molecule has 1 unspecified atom stereocenters. The summed E-state index contributed by atoms with van der Waals surface area (Å²) < 4.78 is 33.7. The molecule has 0 aromatic rings. The predicted molar refractivity (Wildman–Crippen MR) is 28.5 cm³/mol. The van der Waals surface area contributed by atoms with E-state index >= 15 is 0 Å². The summed E-state index contributed by atoms with van der Waals surface area (Å²) in [5, 5.41) is -0.616. The molecule has 0 aliphatic carbocycles. The van der Waals surface area contributed by atoms with Crippen molar-refractivity contribution in [2.75, 3.05) is 0 Å². The molecule has 0 N–H and O–H groups in total. The van der Waals surface area contributed by atoms with E-state index in [1.807, 2.05) is 0 Å². The smallest absolute Gasteiger partial charge is 0.160 e. The molecule has 8 heavy (non-hydrogen) atoms. The zero-order valence-electron chi connectivity index (χ0n) is 4.33. The molecule has 0 aromatic carbocycles. The lowest BCUT2D eigenvalue weighted by molar-refractivity contribution is -0.0330. The Kier molecular flexibility index (Phi) is 2.66. The monoisotopic (exact) mass is 143 g/mol. The Morgan fingerprint density at radius 3 is 1.88 bits per heavy atom. The van der Waals surface area contributed by atoms with E-state index in [0.29, 0.717) is 0 Å². The fourth-order valence-corrected chi connectivity index (χ4v) is 0.684. The van der Waals surface area contributed by atoms with Crippen molar-refractivity contribution in [3.63, 3.8) is 0 Å². The number of hydrogen-bond donors (Lipinski definition) is 0. The van der Waals surface area contributed by atoms with E-state index in [1.165, 1.54) is 6.92 Å². The van der Waals surface area contributed by atoms with Crippen LogP contribution in [0.2, 0.25) is 0 Å². The van der Waals surface area contributed by atoms with Crippen molar-refractivity contribution < 1.29 is 13.2 Å². The van der Waals surface area contributed by atoms with Gasteiger partial charge in [0.1, 0.15) is 0 Å². The minimum absolute atomic E-state index is 0.0995. The molecule has 0 amide bonds. The van der Waals surface area contributed by atoms with E-state index in [4.69, 9.17) is 0 Å². The van der Waals surface area contributed by atoms with Crippen LogP contribution in [0.3, 0.4) is 0 Å². The molecule has 0 bridgehead atoms. The van der Waals surface area contributed by atoms with Crippen LogP contribution in [0, 0.1) is 6.92 Å². The Bertz CT molecular complexity index is 66.2. The van der Waals surface area contributed by atoms with Gasteiger partial charge < -0.3 is 0 Å². The van der Waals surface area contributed by atoms with E-state index in [-0.39, 0.29) is 11.8 Å². The van der Waals surface area contributed by atoms with Crippen LogP contribution in [0.15, 0.2) is 0 Å². The Morgan fingerprint density at radius 1 is 1.50 bits per heavy atom. The number of hydrogen-bond acceptors (Lipinski definition) is 1. The van der Waals surface area contributed by atoms with Gasteiger partial charge in [-0.25, -0.2) is 0 Å². The molecule has 0 heterocycles. The normalized spacial score (nSPS) is 12.8. The average molecular weight is 143 g/mol. The maximum atomic E-state index is 11.2. The first-order chi connectivity index (χ1) is 3.42. The van der Waals surface area contributed by atoms with Crippen LogP contribution in [0.1, 0.15) is 6.92 Å². The van der Waals surface area contributed by atoms with Gasteiger partial charge >= 0.3 is 5.51 Å². The number of halogens is 3. The van der Waals surface area contributed by atoms with E-state index in [9.17, 15) is 13.2 Å². The molecule has 0 saturated heterocycles. The van der Waals surface area contributed by atoms with Crippen LogP contribution in [-0.4, -0.2) is 10.8 Å². The Morgan fingerprint density at radius 2 is 1.88 bits per heavy atom. The number of thioether (sulfide) groups is 1. The molecule has 1 radical (unpaired) electrons. The van der Waals surface area contributed by atoms with E-state index < -0.39 is 10.8 Å². The van der Waals surface area contributed by atoms with Gasteiger partial charge in [0.15, 0.2) is 0 Å². The van der Waals surface area contributed by atoms with E-state index in [1.54, 1.807) is 0 Å². The molecule has 0 aliphatic heterocycles. The summed E-state index contributed by atoms with van der Waals surface area (Å²) in [6, 6.07) is 0. The highest BCUT2D eigenvalue weighted by atomic mass is 32.2. The Labute approximate surface area is 50.5 Å². The fraction of sp³-hybridized carbons (Fsp3) is 0.750. The molecule has 0 rings (SSSR count). The highest BCUT2D eigenvalue weighted by Crippen LogP contribution is 2.32. The highest BCUT2D eigenvalue weighted by Gasteiger charge is 2.29. The minimum atomic E-state index is -4.12.